The highest BCUT2D eigenvalue weighted by molar-refractivity contribution is 6.07. The number of ketones is 1. The predicted molar refractivity (Wildman–Crippen MR) is 120 cm³/mol. The van der Waals surface area contributed by atoms with E-state index in [4.69, 9.17) is 5.73 Å². The number of unbranched alkanes of at least 4 members (excludes halogenated alkanes) is 2. The van der Waals surface area contributed by atoms with Gasteiger partial charge in [0.15, 0.2) is 5.78 Å². The molecule has 0 radical (unpaired) electrons. The molecule has 4 rings (SSSR count). The molecule has 1 saturated heterocycles. The minimum Gasteiger partial charge on any atom is -0.477 e. The first-order valence-electron chi connectivity index (χ1n) is 11.3. The van der Waals surface area contributed by atoms with Crippen molar-refractivity contribution in [2.45, 2.75) is 44.6 Å². The summed E-state index contributed by atoms with van der Waals surface area (Å²) in [4.78, 5) is 40.3. The Labute approximate surface area is 185 Å². The number of carbonyl (C=O) groups is 2. The van der Waals surface area contributed by atoms with E-state index in [1.807, 2.05) is 4.90 Å². The van der Waals surface area contributed by atoms with Gasteiger partial charge in [-0.1, -0.05) is 6.42 Å². The molecule has 32 heavy (non-hydrogen) atoms. The number of hydrogen-bond acceptors (Lipinski definition) is 6. The van der Waals surface area contributed by atoms with Gasteiger partial charge in [0.1, 0.15) is 17.1 Å². The average Bonchev–Trinajstić information content (AvgIpc) is 3.62. The molecule has 2 aromatic rings. The van der Waals surface area contributed by atoms with Crippen molar-refractivity contribution < 1.29 is 19.1 Å². The molecular weight excluding hydrogens is 415 g/mol. The first-order chi connectivity index (χ1) is 15.4. The van der Waals surface area contributed by atoms with Crippen LogP contribution in [0.5, 0.6) is 0 Å². The number of piperazine rings is 1. The lowest BCUT2D eigenvalue weighted by molar-refractivity contribution is 0.0688. The first kappa shape index (κ1) is 22.4. The Morgan fingerprint density at radius 3 is 2.50 bits per heavy atom. The van der Waals surface area contributed by atoms with Crippen molar-refractivity contribution in [3.63, 3.8) is 0 Å². The van der Waals surface area contributed by atoms with Crippen molar-refractivity contribution in [3.05, 3.63) is 39.4 Å². The standard InChI is InChI=1S/C23H29FN4O4/c24-16-12-15-17(13-18(16)27-10-8-26-9-11-27)28(14-5-6-14)21(20(22(15)30)23(31)32)19(29)4-2-1-3-7-25/h12-14,26H,1-11,25H2,(H,31,32). The van der Waals surface area contributed by atoms with Crippen molar-refractivity contribution in [1.29, 1.82) is 0 Å². The Kier molecular flexibility index (Phi) is 6.57. The number of hydrogen-bond donors (Lipinski definition) is 3. The molecule has 1 aliphatic carbocycles. The summed E-state index contributed by atoms with van der Waals surface area (Å²) in [5.74, 6) is -2.38. The molecule has 0 unspecified atom stereocenters. The van der Waals surface area contributed by atoms with Crippen molar-refractivity contribution in [3.8, 4) is 0 Å². The molecule has 2 aliphatic rings. The number of rotatable bonds is 9. The molecular formula is C23H29FN4O4. The number of nitrogens with zero attached hydrogens (tertiary/aromatic N) is 2. The maximum Gasteiger partial charge on any atom is 0.342 e. The largest absolute Gasteiger partial charge is 0.477 e. The molecule has 1 aromatic carbocycles. The van der Waals surface area contributed by atoms with E-state index in [1.54, 1.807) is 10.6 Å². The topological polar surface area (TPSA) is 118 Å². The fraction of sp³-hybridized carbons (Fsp3) is 0.522. The first-order valence-corrected chi connectivity index (χ1v) is 11.3. The van der Waals surface area contributed by atoms with Gasteiger partial charge in [0.2, 0.25) is 5.43 Å². The molecule has 9 heteroatoms. The van der Waals surface area contributed by atoms with E-state index in [-0.39, 0.29) is 29.3 Å². The number of halogens is 1. The van der Waals surface area contributed by atoms with Gasteiger partial charge in [-0.15, -0.1) is 0 Å². The Balaban J connectivity index is 1.90. The third-order valence-corrected chi connectivity index (χ3v) is 6.23. The second-order valence-corrected chi connectivity index (χ2v) is 8.54. The molecule has 2 heterocycles. The SMILES string of the molecule is NCCCCCC(=O)c1c(C(=O)O)c(=O)c2cc(F)c(N3CCNCC3)cc2n1C1CC1. The average molecular weight is 445 g/mol. The van der Waals surface area contributed by atoms with Gasteiger partial charge in [-0.2, -0.15) is 0 Å². The van der Waals surface area contributed by atoms with Crippen LogP contribution in [0.2, 0.25) is 0 Å². The molecule has 0 spiro atoms. The van der Waals surface area contributed by atoms with Crippen molar-refractivity contribution in [1.82, 2.24) is 9.88 Å². The molecule has 1 aliphatic heterocycles. The van der Waals surface area contributed by atoms with Crippen LogP contribution in [0, 0.1) is 5.82 Å². The summed E-state index contributed by atoms with van der Waals surface area (Å²) >= 11 is 0. The van der Waals surface area contributed by atoms with Crippen molar-refractivity contribution in [2.75, 3.05) is 37.6 Å². The number of carboxylic acids is 1. The second-order valence-electron chi connectivity index (χ2n) is 8.54. The fourth-order valence-corrected chi connectivity index (χ4v) is 4.47. The molecule has 0 amide bonds. The van der Waals surface area contributed by atoms with E-state index < -0.39 is 22.8 Å². The summed E-state index contributed by atoms with van der Waals surface area (Å²) in [7, 11) is 0. The zero-order valence-electron chi connectivity index (χ0n) is 18.0. The van der Waals surface area contributed by atoms with E-state index in [0.29, 0.717) is 37.3 Å². The highest BCUT2D eigenvalue weighted by Gasteiger charge is 2.34. The van der Waals surface area contributed by atoms with Crippen LogP contribution in [0.25, 0.3) is 10.9 Å². The van der Waals surface area contributed by atoms with Gasteiger partial charge in [0.05, 0.1) is 11.2 Å². The molecule has 0 atom stereocenters. The van der Waals surface area contributed by atoms with Crippen LogP contribution in [-0.4, -0.2) is 54.1 Å². The molecule has 4 N–H and O–H groups in total. The van der Waals surface area contributed by atoms with E-state index in [1.165, 1.54) is 0 Å². The summed E-state index contributed by atoms with van der Waals surface area (Å²) < 4.78 is 16.7. The molecule has 0 bridgehead atoms. The van der Waals surface area contributed by atoms with Gasteiger partial charge in [0.25, 0.3) is 0 Å². The Bertz CT molecular complexity index is 1100. The number of carboxylic acid groups (broad SMARTS) is 1. The summed E-state index contributed by atoms with van der Waals surface area (Å²) in [6, 6.07) is 2.68. The molecule has 8 nitrogen and oxygen atoms in total. The number of fused-ring (bicyclic) bond motifs is 1. The smallest absolute Gasteiger partial charge is 0.342 e. The molecule has 172 valence electrons. The van der Waals surface area contributed by atoms with Crippen LogP contribution in [-0.2, 0) is 0 Å². The van der Waals surface area contributed by atoms with E-state index in [9.17, 15) is 19.5 Å². The van der Waals surface area contributed by atoms with Crippen LogP contribution >= 0.6 is 0 Å². The summed E-state index contributed by atoms with van der Waals surface area (Å²) in [5.41, 5.74) is 4.91. The third-order valence-electron chi connectivity index (χ3n) is 6.23. The zero-order chi connectivity index (χ0) is 22.8. The summed E-state index contributed by atoms with van der Waals surface area (Å²) in [6.45, 7) is 3.21. The Morgan fingerprint density at radius 1 is 1.16 bits per heavy atom. The van der Waals surface area contributed by atoms with Crippen LogP contribution in [0.1, 0.15) is 65.4 Å². The van der Waals surface area contributed by atoms with Crippen LogP contribution in [0.15, 0.2) is 16.9 Å². The summed E-state index contributed by atoms with van der Waals surface area (Å²) in [5, 5.41) is 13.1. The predicted octanol–water partition coefficient (Wildman–Crippen LogP) is 2.29. The monoisotopic (exact) mass is 444 g/mol. The maximum atomic E-state index is 15.0. The van der Waals surface area contributed by atoms with Crippen LogP contribution in [0.3, 0.4) is 0 Å². The normalized spacial score (nSPS) is 16.5. The number of benzene rings is 1. The van der Waals surface area contributed by atoms with Gasteiger partial charge in [0, 0.05) is 44.0 Å². The van der Waals surface area contributed by atoms with E-state index in [2.05, 4.69) is 5.32 Å². The molecule has 1 aromatic heterocycles. The number of nitrogens with one attached hydrogen (secondary N) is 1. The number of anilines is 1. The van der Waals surface area contributed by atoms with Gasteiger partial charge >= 0.3 is 5.97 Å². The second kappa shape index (κ2) is 9.38. The van der Waals surface area contributed by atoms with Gasteiger partial charge < -0.3 is 25.6 Å². The van der Waals surface area contributed by atoms with Crippen LogP contribution < -0.4 is 21.4 Å². The van der Waals surface area contributed by atoms with E-state index >= 15 is 4.39 Å². The zero-order valence-corrected chi connectivity index (χ0v) is 18.0. The highest BCUT2D eigenvalue weighted by Crippen LogP contribution is 2.40. The lowest BCUT2D eigenvalue weighted by Gasteiger charge is -2.30. The van der Waals surface area contributed by atoms with Crippen LogP contribution in [0.4, 0.5) is 10.1 Å². The minimum absolute atomic E-state index is 0.00497. The lowest BCUT2D eigenvalue weighted by atomic mass is 10.00. The van der Waals surface area contributed by atoms with Crippen molar-refractivity contribution in [2.24, 2.45) is 5.73 Å². The Morgan fingerprint density at radius 2 is 1.88 bits per heavy atom. The van der Waals surface area contributed by atoms with Gasteiger partial charge in [-0.05, 0) is 44.4 Å². The fourth-order valence-electron chi connectivity index (χ4n) is 4.47. The molecule has 2 fully saturated rings. The highest BCUT2D eigenvalue weighted by atomic mass is 19.1. The maximum absolute atomic E-state index is 15.0. The number of Topliss-reactive ketones (excluding diaryl/α,β-unsaturated/α-hetero) is 1. The number of pyridine rings is 1. The molecule has 1 saturated carbocycles. The van der Waals surface area contributed by atoms with Crippen molar-refractivity contribution >= 4 is 28.3 Å². The number of aromatic carboxylic acids is 1. The van der Waals surface area contributed by atoms with E-state index in [0.717, 1.165) is 44.8 Å². The minimum atomic E-state index is -1.46. The quantitative estimate of drug-likeness (QED) is 0.401. The number of carbonyl (C=O) groups excluding carboxylic acids is 1. The lowest BCUT2D eigenvalue weighted by Crippen LogP contribution is -2.44. The summed E-state index contributed by atoms with van der Waals surface area (Å²) in [6.07, 6.45) is 3.81. The van der Waals surface area contributed by atoms with Gasteiger partial charge in [-0.3, -0.25) is 9.59 Å². The number of nitrogens with two attached hydrogens (primary N) is 1. The Hall–Kier alpha value is -2.78. The third kappa shape index (κ3) is 4.27. The van der Waals surface area contributed by atoms with Gasteiger partial charge in [-0.25, -0.2) is 9.18 Å². The number of aromatic nitrogens is 1.